The van der Waals surface area contributed by atoms with Crippen molar-refractivity contribution in [1.29, 1.82) is 0 Å². The first kappa shape index (κ1) is 20.6. The molecule has 1 atom stereocenters. The van der Waals surface area contributed by atoms with Crippen LogP contribution in [0.15, 0.2) is 79.5 Å². The summed E-state index contributed by atoms with van der Waals surface area (Å²) in [6.45, 7) is 5.62. The summed E-state index contributed by atoms with van der Waals surface area (Å²) in [5.74, 6) is -0.376. The van der Waals surface area contributed by atoms with Crippen LogP contribution in [0.25, 0.3) is 11.1 Å². The van der Waals surface area contributed by atoms with E-state index in [2.05, 4.69) is 53.2 Å². The lowest BCUT2D eigenvalue weighted by Gasteiger charge is -2.23. The van der Waals surface area contributed by atoms with Crippen molar-refractivity contribution in [3.05, 3.63) is 90.8 Å². The van der Waals surface area contributed by atoms with E-state index in [1.165, 1.54) is 0 Å². The number of hydrogen-bond donors (Lipinski definition) is 1. The maximum atomic E-state index is 13.2. The van der Waals surface area contributed by atoms with E-state index in [9.17, 15) is 9.59 Å². The van der Waals surface area contributed by atoms with Crippen LogP contribution in [0, 0.1) is 5.92 Å². The number of carbonyl (C=O) groups is 2. The van der Waals surface area contributed by atoms with Crippen LogP contribution in [-0.2, 0) is 11.2 Å². The average molecular weight is 415 g/mol. The van der Waals surface area contributed by atoms with E-state index in [0.717, 1.165) is 16.7 Å². The van der Waals surface area contributed by atoms with Crippen LogP contribution in [0.5, 0.6) is 0 Å². The summed E-state index contributed by atoms with van der Waals surface area (Å²) in [4.78, 5) is 29.6. The molecule has 2 aromatic carbocycles. The molecule has 2 heterocycles. The fourth-order valence-electron chi connectivity index (χ4n) is 4.01. The molecule has 0 radical (unpaired) electrons. The smallest absolute Gasteiger partial charge is 0.271 e. The van der Waals surface area contributed by atoms with Crippen molar-refractivity contribution in [2.75, 3.05) is 26.2 Å². The van der Waals surface area contributed by atoms with E-state index >= 15 is 0 Å². The zero-order valence-corrected chi connectivity index (χ0v) is 17.4. The average Bonchev–Trinajstić information content (AvgIpc) is 3.30. The minimum atomic E-state index is -0.308. The van der Waals surface area contributed by atoms with Crippen molar-refractivity contribution in [3.63, 3.8) is 0 Å². The van der Waals surface area contributed by atoms with Gasteiger partial charge in [-0.05, 0) is 29.2 Å². The predicted octanol–water partition coefficient (Wildman–Crippen LogP) is 3.41. The summed E-state index contributed by atoms with van der Waals surface area (Å²) in [5, 5.41) is 6.61. The quantitative estimate of drug-likeness (QED) is 0.629. The topological polar surface area (TPSA) is 69.3 Å². The molecule has 1 aliphatic heterocycles. The predicted molar refractivity (Wildman–Crippen MR) is 120 cm³/mol. The van der Waals surface area contributed by atoms with Gasteiger partial charge in [-0.3, -0.25) is 14.7 Å². The minimum Gasteiger partial charge on any atom is -0.337 e. The second-order valence-corrected chi connectivity index (χ2v) is 7.76. The van der Waals surface area contributed by atoms with E-state index in [0.29, 0.717) is 38.3 Å². The normalized spacial score (nSPS) is 16.8. The number of aromatic nitrogens is 2. The van der Waals surface area contributed by atoms with E-state index in [1.54, 1.807) is 28.1 Å². The number of nitrogens with zero attached hydrogens (tertiary/aromatic N) is 3. The number of benzene rings is 2. The molecule has 1 saturated heterocycles. The van der Waals surface area contributed by atoms with Crippen molar-refractivity contribution in [2.24, 2.45) is 5.92 Å². The molecule has 4 rings (SSSR count). The molecular weight excluding hydrogens is 388 g/mol. The summed E-state index contributed by atoms with van der Waals surface area (Å²) in [6.07, 6.45) is 3.87. The first-order valence-electron chi connectivity index (χ1n) is 10.5. The van der Waals surface area contributed by atoms with Gasteiger partial charge in [-0.2, -0.15) is 5.10 Å². The number of carbonyl (C=O) groups excluding carboxylic acids is 2. The zero-order valence-electron chi connectivity index (χ0n) is 17.4. The van der Waals surface area contributed by atoms with Gasteiger partial charge in [0, 0.05) is 32.4 Å². The second-order valence-electron chi connectivity index (χ2n) is 7.76. The number of H-pyrrole nitrogens is 1. The lowest BCUT2D eigenvalue weighted by atomic mass is 9.95. The standard InChI is InChI=1S/C25H26N4O2/c1-2-14-28-15-16-29(25(31)23-12-13-26-27-23)18-22(24(28)30)17-19-8-10-21(11-9-19)20-6-4-3-5-7-20/h2-13,22H,1,14-18H2,(H,26,27)/t22-/m0/s1. The Labute approximate surface area is 182 Å². The lowest BCUT2D eigenvalue weighted by Crippen LogP contribution is -2.38. The van der Waals surface area contributed by atoms with Gasteiger partial charge < -0.3 is 9.80 Å². The molecule has 0 bridgehead atoms. The van der Waals surface area contributed by atoms with E-state index in [-0.39, 0.29) is 17.7 Å². The fourth-order valence-corrected chi connectivity index (χ4v) is 4.01. The molecule has 158 valence electrons. The van der Waals surface area contributed by atoms with Gasteiger partial charge in [-0.1, -0.05) is 60.7 Å². The fraction of sp³-hybridized carbons (Fsp3) is 0.240. The Balaban J connectivity index is 1.53. The van der Waals surface area contributed by atoms with E-state index in [1.807, 2.05) is 18.2 Å². The Hall–Kier alpha value is -3.67. The van der Waals surface area contributed by atoms with E-state index in [4.69, 9.17) is 0 Å². The van der Waals surface area contributed by atoms with Crippen LogP contribution >= 0.6 is 0 Å². The molecule has 6 heteroatoms. The highest BCUT2D eigenvalue weighted by atomic mass is 16.2. The highest BCUT2D eigenvalue weighted by Crippen LogP contribution is 2.22. The number of amides is 2. The third-order valence-electron chi connectivity index (χ3n) is 5.65. The van der Waals surface area contributed by atoms with Gasteiger partial charge in [0.2, 0.25) is 5.91 Å². The largest absolute Gasteiger partial charge is 0.337 e. The molecule has 0 spiro atoms. The van der Waals surface area contributed by atoms with Gasteiger partial charge in [0.15, 0.2) is 0 Å². The van der Waals surface area contributed by atoms with E-state index < -0.39 is 0 Å². The Morgan fingerprint density at radius 1 is 1.06 bits per heavy atom. The summed E-state index contributed by atoms with van der Waals surface area (Å²) in [5.41, 5.74) is 3.82. The second kappa shape index (κ2) is 9.43. The lowest BCUT2D eigenvalue weighted by molar-refractivity contribution is -0.134. The summed E-state index contributed by atoms with van der Waals surface area (Å²) < 4.78 is 0. The van der Waals surface area contributed by atoms with Crippen molar-refractivity contribution >= 4 is 11.8 Å². The van der Waals surface area contributed by atoms with Gasteiger partial charge in [0.1, 0.15) is 5.69 Å². The first-order valence-corrected chi connectivity index (χ1v) is 10.5. The van der Waals surface area contributed by atoms with Crippen LogP contribution in [0.4, 0.5) is 0 Å². The van der Waals surface area contributed by atoms with Gasteiger partial charge in [-0.15, -0.1) is 6.58 Å². The third kappa shape index (κ3) is 4.74. The molecule has 6 nitrogen and oxygen atoms in total. The molecule has 0 unspecified atom stereocenters. The van der Waals surface area contributed by atoms with Gasteiger partial charge in [-0.25, -0.2) is 0 Å². The maximum absolute atomic E-state index is 13.2. The van der Waals surface area contributed by atoms with Crippen LogP contribution in [0.3, 0.4) is 0 Å². The summed E-state index contributed by atoms with van der Waals surface area (Å²) in [6, 6.07) is 20.2. The number of nitrogens with one attached hydrogen (secondary N) is 1. The molecule has 1 fully saturated rings. The zero-order chi connectivity index (χ0) is 21.6. The molecule has 31 heavy (non-hydrogen) atoms. The van der Waals surface area contributed by atoms with Crippen molar-refractivity contribution in [2.45, 2.75) is 6.42 Å². The third-order valence-corrected chi connectivity index (χ3v) is 5.65. The van der Waals surface area contributed by atoms with Crippen LogP contribution in [0.1, 0.15) is 16.1 Å². The van der Waals surface area contributed by atoms with Crippen LogP contribution in [0.2, 0.25) is 0 Å². The highest BCUT2D eigenvalue weighted by Gasteiger charge is 2.32. The van der Waals surface area contributed by atoms with Crippen LogP contribution < -0.4 is 0 Å². The molecule has 0 saturated carbocycles. The van der Waals surface area contributed by atoms with Crippen molar-refractivity contribution in [3.8, 4) is 11.1 Å². The Morgan fingerprint density at radius 2 is 1.81 bits per heavy atom. The Kier molecular flexibility index (Phi) is 6.26. The molecule has 1 N–H and O–H groups in total. The first-order chi connectivity index (χ1) is 15.2. The molecule has 3 aromatic rings. The number of aromatic amines is 1. The van der Waals surface area contributed by atoms with Crippen LogP contribution in [-0.4, -0.2) is 58.0 Å². The molecular formula is C25H26N4O2. The van der Waals surface area contributed by atoms with Gasteiger partial charge in [0.05, 0.1) is 5.92 Å². The minimum absolute atomic E-state index is 0.0620. The Morgan fingerprint density at radius 3 is 2.48 bits per heavy atom. The SMILES string of the molecule is C=CCN1CCN(C(=O)c2ccn[nH]2)C[C@H](Cc2ccc(-c3ccccc3)cc2)C1=O. The molecule has 1 aliphatic rings. The van der Waals surface area contributed by atoms with Crippen molar-refractivity contribution in [1.82, 2.24) is 20.0 Å². The molecule has 0 aliphatic carbocycles. The highest BCUT2D eigenvalue weighted by molar-refractivity contribution is 5.93. The summed E-state index contributed by atoms with van der Waals surface area (Å²) in [7, 11) is 0. The monoisotopic (exact) mass is 414 g/mol. The van der Waals surface area contributed by atoms with Gasteiger partial charge in [0.25, 0.3) is 5.91 Å². The van der Waals surface area contributed by atoms with Gasteiger partial charge >= 0.3 is 0 Å². The maximum Gasteiger partial charge on any atom is 0.271 e. The number of hydrogen-bond acceptors (Lipinski definition) is 3. The molecule has 1 aromatic heterocycles. The molecule has 2 amide bonds. The van der Waals surface area contributed by atoms with Crippen molar-refractivity contribution < 1.29 is 9.59 Å². The summed E-state index contributed by atoms with van der Waals surface area (Å²) >= 11 is 0. The number of rotatable bonds is 6. The Bertz CT molecular complexity index is 1030.